The molecule has 1 atom stereocenters. The number of fused-ring (bicyclic) bond motifs is 1. The zero-order valence-electron chi connectivity index (χ0n) is 29.7. The lowest BCUT2D eigenvalue weighted by Crippen LogP contribution is -2.30. The summed E-state index contributed by atoms with van der Waals surface area (Å²) in [6.45, 7) is 2.02. The summed E-state index contributed by atoms with van der Waals surface area (Å²) in [5.74, 6) is -1.66. The number of hydrogen-bond acceptors (Lipinski definition) is 7. The molecule has 5 aromatic rings. The number of nitrogens with one attached hydrogen (secondary N) is 3. The number of thiophene rings is 1. The average Bonchev–Trinajstić information content (AvgIpc) is 3.50. The van der Waals surface area contributed by atoms with Gasteiger partial charge in [-0.15, -0.1) is 23.1 Å². The molecule has 54 heavy (non-hydrogen) atoms. The molecule has 3 amide bonds. The molecular formula is C43H40ClN3O5S2. The van der Waals surface area contributed by atoms with E-state index in [1.807, 2.05) is 42.5 Å². The molecule has 4 aromatic carbocycles. The maximum Gasteiger partial charge on any atom is 0.341 e. The van der Waals surface area contributed by atoms with E-state index in [1.54, 1.807) is 79.7 Å². The Bertz CT molecular complexity index is 2140. The van der Waals surface area contributed by atoms with Crippen molar-refractivity contribution in [3.63, 3.8) is 0 Å². The summed E-state index contributed by atoms with van der Waals surface area (Å²) in [4.78, 5) is 56.3. The Morgan fingerprint density at radius 3 is 2.26 bits per heavy atom. The van der Waals surface area contributed by atoms with E-state index in [-0.39, 0.29) is 18.2 Å². The van der Waals surface area contributed by atoms with Gasteiger partial charge in [-0.25, -0.2) is 4.79 Å². The van der Waals surface area contributed by atoms with Crippen molar-refractivity contribution in [2.45, 2.75) is 55.6 Å². The zero-order valence-corrected chi connectivity index (χ0v) is 32.1. The Kier molecular flexibility index (Phi) is 13.4. The summed E-state index contributed by atoms with van der Waals surface area (Å²) >= 11 is 8.88. The van der Waals surface area contributed by atoms with Gasteiger partial charge in [-0.1, -0.05) is 91.2 Å². The van der Waals surface area contributed by atoms with E-state index < -0.39 is 23.0 Å². The summed E-state index contributed by atoms with van der Waals surface area (Å²) in [6.07, 6.45) is 7.49. The van der Waals surface area contributed by atoms with Gasteiger partial charge in [0, 0.05) is 26.0 Å². The number of esters is 1. The number of anilines is 2. The Balaban J connectivity index is 1.25. The summed E-state index contributed by atoms with van der Waals surface area (Å²) in [5.41, 5.74) is 3.81. The number of aryl methyl sites for hydroxylation is 1. The Morgan fingerprint density at radius 2 is 1.54 bits per heavy atom. The molecule has 0 saturated heterocycles. The van der Waals surface area contributed by atoms with Gasteiger partial charge in [-0.3, -0.25) is 14.4 Å². The number of halogens is 1. The molecule has 6 rings (SSSR count). The van der Waals surface area contributed by atoms with Gasteiger partial charge in [0.05, 0.1) is 12.2 Å². The van der Waals surface area contributed by atoms with Crippen molar-refractivity contribution in [1.82, 2.24) is 5.32 Å². The fourth-order valence-corrected chi connectivity index (χ4v) is 8.64. The molecular weight excluding hydrogens is 738 g/mol. The second kappa shape index (κ2) is 18.7. The molecule has 1 aliphatic carbocycles. The van der Waals surface area contributed by atoms with Crippen LogP contribution in [-0.4, -0.2) is 30.3 Å². The smallest absolute Gasteiger partial charge is 0.341 e. The highest BCUT2D eigenvalue weighted by molar-refractivity contribution is 8.00. The number of benzene rings is 4. The highest BCUT2D eigenvalue weighted by Gasteiger charge is 2.29. The molecule has 0 radical (unpaired) electrons. The molecule has 0 bridgehead atoms. The highest BCUT2D eigenvalue weighted by atomic mass is 35.5. The van der Waals surface area contributed by atoms with E-state index in [4.69, 9.17) is 16.3 Å². The first-order chi connectivity index (χ1) is 26.3. The minimum absolute atomic E-state index is 0.0354. The first-order valence-electron chi connectivity index (χ1n) is 17.9. The van der Waals surface area contributed by atoms with E-state index in [9.17, 15) is 19.2 Å². The topological polar surface area (TPSA) is 114 Å². The molecule has 11 heteroatoms. The van der Waals surface area contributed by atoms with Crippen LogP contribution in [0.2, 0.25) is 5.02 Å². The summed E-state index contributed by atoms with van der Waals surface area (Å²) in [7, 11) is 0. The third kappa shape index (κ3) is 10.1. The van der Waals surface area contributed by atoms with Gasteiger partial charge in [0.15, 0.2) is 0 Å². The molecule has 276 valence electrons. The lowest BCUT2D eigenvalue weighted by molar-refractivity contribution is -0.116. The molecule has 1 unspecified atom stereocenters. The van der Waals surface area contributed by atoms with Gasteiger partial charge in [0.2, 0.25) is 5.91 Å². The van der Waals surface area contributed by atoms with Crippen molar-refractivity contribution in [3.05, 3.63) is 153 Å². The van der Waals surface area contributed by atoms with Crippen molar-refractivity contribution < 1.29 is 23.9 Å². The molecule has 8 nitrogen and oxygen atoms in total. The Hall–Kier alpha value is -5.16. The number of hydrogen-bond donors (Lipinski definition) is 3. The van der Waals surface area contributed by atoms with E-state index in [2.05, 4.69) is 16.0 Å². The van der Waals surface area contributed by atoms with Gasteiger partial charge in [0.1, 0.15) is 15.9 Å². The number of carbonyl (C=O) groups excluding carboxylic acids is 4. The van der Waals surface area contributed by atoms with Gasteiger partial charge in [0.25, 0.3) is 11.8 Å². The SMILES string of the molecule is CCOC(=O)c1c(NC(=O)C(Sc2cccc(NC(=O)/C(=C\c3ccc(Cl)cc3)NC(=O)c3ccccc3)c2)c2ccccc2)sc2c1CCCCCC2. The van der Waals surface area contributed by atoms with E-state index in [0.29, 0.717) is 32.4 Å². The van der Waals surface area contributed by atoms with Gasteiger partial charge < -0.3 is 20.7 Å². The third-order valence-electron chi connectivity index (χ3n) is 8.78. The van der Waals surface area contributed by atoms with Crippen LogP contribution in [0, 0.1) is 0 Å². The first-order valence-corrected chi connectivity index (χ1v) is 20.0. The van der Waals surface area contributed by atoms with Gasteiger partial charge in [-0.2, -0.15) is 0 Å². The molecule has 0 spiro atoms. The monoisotopic (exact) mass is 777 g/mol. The fourth-order valence-electron chi connectivity index (χ4n) is 6.15. The van der Waals surface area contributed by atoms with Crippen LogP contribution in [0.4, 0.5) is 10.7 Å². The predicted molar refractivity (Wildman–Crippen MR) is 218 cm³/mol. The summed E-state index contributed by atoms with van der Waals surface area (Å²) in [5, 5.41) is 9.16. The van der Waals surface area contributed by atoms with Crippen molar-refractivity contribution in [2.75, 3.05) is 17.2 Å². The van der Waals surface area contributed by atoms with E-state index in [0.717, 1.165) is 59.4 Å². The minimum atomic E-state index is -0.692. The molecule has 1 heterocycles. The quantitative estimate of drug-likeness (QED) is 0.0661. The minimum Gasteiger partial charge on any atom is -0.462 e. The molecule has 3 N–H and O–H groups in total. The Morgan fingerprint density at radius 1 is 0.833 bits per heavy atom. The van der Waals surface area contributed by atoms with Crippen molar-refractivity contribution >= 4 is 75.2 Å². The van der Waals surface area contributed by atoms with Crippen LogP contribution in [0.5, 0.6) is 0 Å². The van der Waals surface area contributed by atoms with Crippen molar-refractivity contribution in [2.24, 2.45) is 0 Å². The number of rotatable bonds is 12. The molecule has 1 aliphatic rings. The predicted octanol–water partition coefficient (Wildman–Crippen LogP) is 10.1. The van der Waals surface area contributed by atoms with Crippen molar-refractivity contribution in [3.8, 4) is 0 Å². The summed E-state index contributed by atoms with van der Waals surface area (Å²) in [6, 6.07) is 32.2. The van der Waals surface area contributed by atoms with Crippen LogP contribution in [-0.2, 0) is 27.2 Å². The van der Waals surface area contributed by atoms with Crippen LogP contribution >= 0.6 is 34.7 Å². The number of carbonyl (C=O) groups is 4. The van der Waals surface area contributed by atoms with E-state index >= 15 is 0 Å². The molecule has 0 saturated carbocycles. The fraction of sp³-hybridized carbons (Fsp3) is 0.209. The second-order valence-corrected chi connectivity index (χ2v) is 15.4. The van der Waals surface area contributed by atoms with Crippen LogP contribution in [0.25, 0.3) is 6.08 Å². The molecule has 0 fully saturated rings. The van der Waals surface area contributed by atoms with E-state index in [1.165, 1.54) is 23.1 Å². The first kappa shape index (κ1) is 38.6. The number of thioether (sulfide) groups is 1. The largest absolute Gasteiger partial charge is 0.462 e. The highest BCUT2D eigenvalue weighted by Crippen LogP contribution is 2.41. The zero-order chi connectivity index (χ0) is 37.9. The van der Waals surface area contributed by atoms with Crippen LogP contribution in [0.15, 0.2) is 120 Å². The van der Waals surface area contributed by atoms with Crippen LogP contribution in [0.1, 0.15) is 80.1 Å². The number of ether oxygens (including phenoxy) is 1. The summed E-state index contributed by atoms with van der Waals surface area (Å²) < 4.78 is 5.47. The standard InChI is InChI=1S/C43H40ClN3O5S2/c1-2-52-43(51)37-34-20-11-3-4-12-21-36(34)54-42(37)47-41(50)38(29-14-7-5-8-15-29)53-33-19-13-18-32(27-33)45-40(49)35(26-28-22-24-31(44)25-23-28)46-39(48)30-16-9-6-10-17-30/h5-10,13-19,22-27,38H,2-4,11-12,20-21H2,1H3,(H,45,49)(H,46,48)(H,47,50)/b35-26+. The number of amides is 3. The third-order valence-corrected chi connectivity index (χ3v) is 11.5. The van der Waals surface area contributed by atoms with Crippen LogP contribution < -0.4 is 16.0 Å². The molecule has 0 aliphatic heterocycles. The van der Waals surface area contributed by atoms with Crippen LogP contribution in [0.3, 0.4) is 0 Å². The second-order valence-electron chi connectivity index (χ2n) is 12.7. The van der Waals surface area contributed by atoms with Crippen molar-refractivity contribution in [1.29, 1.82) is 0 Å². The van der Waals surface area contributed by atoms with Gasteiger partial charge in [-0.05, 0) is 97.8 Å². The average molecular weight is 778 g/mol. The Labute approximate surface area is 328 Å². The lowest BCUT2D eigenvalue weighted by atomic mass is 9.96. The maximum absolute atomic E-state index is 14.3. The normalized spacial score (nSPS) is 13.4. The molecule has 1 aromatic heterocycles. The maximum atomic E-state index is 14.3. The van der Waals surface area contributed by atoms with Gasteiger partial charge >= 0.3 is 5.97 Å². The lowest BCUT2D eigenvalue weighted by Gasteiger charge is -2.18.